The Morgan fingerprint density at radius 1 is 1.24 bits per heavy atom. The van der Waals surface area contributed by atoms with E-state index in [0.29, 0.717) is 31.0 Å². The lowest BCUT2D eigenvalue weighted by molar-refractivity contribution is -0.122. The molecule has 2 heterocycles. The average molecular weight is 348 g/mol. The van der Waals surface area contributed by atoms with Crippen LogP contribution in [0.15, 0.2) is 24.3 Å². The Labute approximate surface area is 147 Å². The molecule has 5 nitrogen and oxygen atoms in total. The summed E-state index contributed by atoms with van der Waals surface area (Å²) in [5.41, 5.74) is 0.484. The highest BCUT2D eigenvalue weighted by molar-refractivity contribution is 5.96. The van der Waals surface area contributed by atoms with Gasteiger partial charge in [-0.05, 0) is 50.1 Å². The number of hydrogen-bond donors (Lipinski definition) is 1. The van der Waals surface area contributed by atoms with Gasteiger partial charge < -0.3 is 10.1 Å². The maximum Gasteiger partial charge on any atom is 0.220 e. The number of carbonyl (C=O) groups excluding carboxylic acids is 2. The topological polar surface area (TPSA) is 58.6 Å². The molecule has 6 heteroatoms. The summed E-state index contributed by atoms with van der Waals surface area (Å²) in [5, 5.41) is 2.90. The number of rotatable bonds is 7. The number of nitrogens with zero attached hydrogens (tertiary/aromatic N) is 1. The van der Waals surface area contributed by atoms with Gasteiger partial charge in [-0.1, -0.05) is 0 Å². The van der Waals surface area contributed by atoms with Crippen molar-refractivity contribution in [2.75, 3.05) is 26.2 Å². The van der Waals surface area contributed by atoms with E-state index in [9.17, 15) is 14.0 Å². The zero-order valence-corrected chi connectivity index (χ0v) is 14.4. The number of nitrogens with one attached hydrogen (secondary N) is 1. The Balaban J connectivity index is 1.31. The number of morpholine rings is 1. The minimum atomic E-state index is -0.360. The molecule has 2 atom stereocenters. The number of halogens is 1. The van der Waals surface area contributed by atoms with Crippen LogP contribution in [-0.2, 0) is 9.53 Å². The summed E-state index contributed by atoms with van der Waals surface area (Å²) in [6.45, 7) is 3.29. The monoisotopic (exact) mass is 348 g/mol. The minimum Gasteiger partial charge on any atom is -0.373 e. The standard InChI is InChI=1S/C19H25FN2O3/c20-15-8-6-14(7-9-15)18(23)4-1-5-19(24)21-11-17-12-22-10-2-3-16(22)13-25-17/h6-9,16-17H,1-5,10-13H2,(H,21,24)/t16-,17+/m0/s1. The van der Waals surface area contributed by atoms with E-state index in [1.165, 1.54) is 37.1 Å². The molecular formula is C19H25FN2O3. The maximum atomic E-state index is 12.8. The molecule has 2 aliphatic rings. The number of hydrogen-bond acceptors (Lipinski definition) is 4. The molecule has 0 spiro atoms. The highest BCUT2D eigenvalue weighted by atomic mass is 19.1. The molecule has 0 bridgehead atoms. The highest BCUT2D eigenvalue weighted by Gasteiger charge is 2.32. The fourth-order valence-electron chi connectivity index (χ4n) is 3.51. The van der Waals surface area contributed by atoms with Crippen LogP contribution in [-0.4, -0.2) is 55.0 Å². The van der Waals surface area contributed by atoms with Gasteiger partial charge in [0.25, 0.3) is 0 Å². The van der Waals surface area contributed by atoms with Crippen LogP contribution in [0.5, 0.6) is 0 Å². The molecule has 0 aromatic heterocycles. The molecule has 3 rings (SSSR count). The summed E-state index contributed by atoms with van der Waals surface area (Å²) in [4.78, 5) is 26.3. The van der Waals surface area contributed by atoms with Crippen LogP contribution in [0.4, 0.5) is 4.39 Å². The zero-order valence-electron chi connectivity index (χ0n) is 14.4. The summed E-state index contributed by atoms with van der Waals surface area (Å²) in [6, 6.07) is 6.06. The van der Waals surface area contributed by atoms with Crippen molar-refractivity contribution >= 4 is 11.7 Å². The lowest BCUT2D eigenvalue weighted by Crippen LogP contribution is -2.50. The number of Topliss-reactive ketones (excluding diaryl/α,β-unsaturated/α-hetero) is 1. The summed E-state index contributed by atoms with van der Waals surface area (Å²) >= 11 is 0. The van der Waals surface area contributed by atoms with E-state index in [-0.39, 0.29) is 30.0 Å². The van der Waals surface area contributed by atoms with Crippen molar-refractivity contribution in [2.45, 2.75) is 44.2 Å². The first kappa shape index (κ1) is 18.0. The number of carbonyl (C=O) groups is 2. The van der Waals surface area contributed by atoms with Crippen LogP contribution in [0.1, 0.15) is 42.5 Å². The Morgan fingerprint density at radius 3 is 2.84 bits per heavy atom. The van der Waals surface area contributed by atoms with Crippen molar-refractivity contribution in [1.29, 1.82) is 0 Å². The molecule has 0 saturated carbocycles. The van der Waals surface area contributed by atoms with Crippen LogP contribution < -0.4 is 5.32 Å². The third-order valence-corrected chi connectivity index (χ3v) is 4.96. The predicted molar refractivity (Wildman–Crippen MR) is 91.9 cm³/mol. The summed E-state index contributed by atoms with van der Waals surface area (Å²) < 4.78 is 18.7. The van der Waals surface area contributed by atoms with E-state index in [0.717, 1.165) is 19.7 Å². The Hall–Kier alpha value is -1.79. The molecule has 1 aromatic carbocycles. The molecule has 1 N–H and O–H groups in total. The van der Waals surface area contributed by atoms with Crippen molar-refractivity contribution in [3.63, 3.8) is 0 Å². The van der Waals surface area contributed by atoms with E-state index in [2.05, 4.69) is 10.2 Å². The largest absolute Gasteiger partial charge is 0.373 e. The Morgan fingerprint density at radius 2 is 2.04 bits per heavy atom. The van der Waals surface area contributed by atoms with Gasteiger partial charge in [0.05, 0.1) is 12.7 Å². The predicted octanol–water partition coefficient (Wildman–Crippen LogP) is 2.16. The van der Waals surface area contributed by atoms with E-state index in [4.69, 9.17) is 4.74 Å². The van der Waals surface area contributed by atoms with Gasteiger partial charge >= 0.3 is 0 Å². The number of benzene rings is 1. The van der Waals surface area contributed by atoms with Gasteiger partial charge in [0.2, 0.25) is 5.91 Å². The fraction of sp³-hybridized carbons (Fsp3) is 0.579. The first-order valence-electron chi connectivity index (χ1n) is 9.03. The molecule has 2 saturated heterocycles. The van der Waals surface area contributed by atoms with Gasteiger partial charge in [-0.2, -0.15) is 0 Å². The van der Waals surface area contributed by atoms with Crippen molar-refractivity contribution in [1.82, 2.24) is 10.2 Å². The molecule has 1 amide bonds. The zero-order chi connectivity index (χ0) is 17.6. The smallest absolute Gasteiger partial charge is 0.220 e. The van der Waals surface area contributed by atoms with Crippen LogP contribution in [0.25, 0.3) is 0 Å². The first-order chi connectivity index (χ1) is 12.1. The quantitative estimate of drug-likeness (QED) is 0.767. The van der Waals surface area contributed by atoms with Crippen LogP contribution in [0.3, 0.4) is 0 Å². The van der Waals surface area contributed by atoms with Crippen molar-refractivity contribution in [3.8, 4) is 0 Å². The van der Waals surface area contributed by atoms with E-state index in [1.807, 2.05) is 0 Å². The molecule has 136 valence electrons. The second-order valence-corrected chi connectivity index (χ2v) is 6.83. The second-order valence-electron chi connectivity index (χ2n) is 6.83. The van der Waals surface area contributed by atoms with E-state index in [1.54, 1.807) is 0 Å². The summed E-state index contributed by atoms with van der Waals surface area (Å²) in [7, 11) is 0. The molecular weight excluding hydrogens is 323 g/mol. The molecule has 2 fully saturated rings. The first-order valence-corrected chi connectivity index (χ1v) is 9.03. The lowest BCUT2D eigenvalue weighted by Gasteiger charge is -2.35. The van der Waals surface area contributed by atoms with Crippen LogP contribution in [0, 0.1) is 5.82 Å². The van der Waals surface area contributed by atoms with Crippen molar-refractivity contribution in [3.05, 3.63) is 35.6 Å². The fourth-order valence-corrected chi connectivity index (χ4v) is 3.51. The second kappa shape index (κ2) is 8.54. The number of fused-ring (bicyclic) bond motifs is 1. The molecule has 0 aliphatic carbocycles. The van der Waals surface area contributed by atoms with Gasteiger partial charge in [-0.3, -0.25) is 14.5 Å². The average Bonchev–Trinajstić information content (AvgIpc) is 3.08. The number of amides is 1. The summed E-state index contributed by atoms with van der Waals surface area (Å²) in [5.74, 6) is -0.483. The Bertz CT molecular complexity index is 605. The van der Waals surface area contributed by atoms with Gasteiger partial charge in [0.15, 0.2) is 5.78 Å². The molecule has 2 aliphatic heterocycles. The SMILES string of the molecule is O=C(CCCC(=O)c1ccc(F)cc1)NC[C@@H]1CN2CCC[C@H]2CO1. The van der Waals surface area contributed by atoms with Crippen molar-refractivity contribution < 1.29 is 18.7 Å². The lowest BCUT2D eigenvalue weighted by atomic mass is 10.1. The van der Waals surface area contributed by atoms with E-state index >= 15 is 0 Å². The summed E-state index contributed by atoms with van der Waals surface area (Å²) in [6.07, 6.45) is 3.58. The molecule has 1 aromatic rings. The van der Waals surface area contributed by atoms with Gasteiger partial charge in [0, 0.05) is 37.5 Å². The third-order valence-electron chi connectivity index (χ3n) is 4.96. The van der Waals surface area contributed by atoms with Crippen molar-refractivity contribution in [2.24, 2.45) is 0 Å². The highest BCUT2D eigenvalue weighted by Crippen LogP contribution is 2.22. The van der Waals surface area contributed by atoms with Crippen LogP contribution in [0.2, 0.25) is 0 Å². The minimum absolute atomic E-state index is 0.0548. The molecule has 0 unspecified atom stereocenters. The number of ketones is 1. The molecule has 0 radical (unpaired) electrons. The van der Waals surface area contributed by atoms with Gasteiger partial charge in [0.1, 0.15) is 5.82 Å². The van der Waals surface area contributed by atoms with Crippen LogP contribution >= 0.6 is 0 Å². The van der Waals surface area contributed by atoms with E-state index < -0.39 is 0 Å². The maximum absolute atomic E-state index is 12.8. The van der Waals surface area contributed by atoms with Gasteiger partial charge in [-0.25, -0.2) is 4.39 Å². The number of ether oxygens (including phenoxy) is 1. The Kier molecular flexibility index (Phi) is 6.15. The van der Waals surface area contributed by atoms with Gasteiger partial charge in [-0.15, -0.1) is 0 Å². The molecule has 25 heavy (non-hydrogen) atoms. The normalized spacial score (nSPS) is 23.2. The third kappa shape index (κ3) is 5.09.